The van der Waals surface area contributed by atoms with Gasteiger partial charge in [0.15, 0.2) is 5.76 Å². The second-order valence-electron chi connectivity index (χ2n) is 7.03. The van der Waals surface area contributed by atoms with Crippen molar-refractivity contribution < 1.29 is 14.0 Å². The molecular weight excluding hydrogens is 400 g/mol. The Bertz CT molecular complexity index is 1070. The highest BCUT2D eigenvalue weighted by molar-refractivity contribution is 7.09. The van der Waals surface area contributed by atoms with Crippen molar-refractivity contribution in [3.05, 3.63) is 75.1 Å². The van der Waals surface area contributed by atoms with E-state index in [2.05, 4.69) is 26.9 Å². The maximum Gasteiger partial charge on any atom is 0.287 e. The molecule has 2 N–H and O–H groups in total. The minimum absolute atomic E-state index is 0.225. The molecular formula is C22H22N4O3S. The monoisotopic (exact) mass is 422 g/mol. The van der Waals surface area contributed by atoms with Gasteiger partial charge in [0, 0.05) is 41.4 Å². The van der Waals surface area contributed by atoms with Crippen LogP contribution in [0.25, 0.3) is 0 Å². The maximum atomic E-state index is 12.7. The number of furan rings is 1. The molecule has 0 atom stereocenters. The summed E-state index contributed by atoms with van der Waals surface area (Å²) in [5.74, 6) is 0.517. The second kappa shape index (κ2) is 9.04. The third-order valence-corrected chi connectivity index (χ3v) is 5.92. The summed E-state index contributed by atoms with van der Waals surface area (Å²) < 4.78 is 5.90. The average Bonchev–Trinajstić information content (AvgIpc) is 3.41. The van der Waals surface area contributed by atoms with Crippen molar-refractivity contribution in [2.45, 2.75) is 32.6 Å². The van der Waals surface area contributed by atoms with Gasteiger partial charge in [0.1, 0.15) is 5.76 Å². The lowest BCUT2D eigenvalue weighted by Gasteiger charge is -2.13. The van der Waals surface area contributed by atoms with Crippen LogP contribution in [-0.4, -0.2) is 29.1 Å². The molecule has 0 unspecified atom stereocenters. The molecule has 4 rings (SSSR count). The Labute approximate surface area is 178 Å². The van der Waals surface area contributed by atoms with Crippen LogP contribution in [-0.2, 0) is 12.8 Å². The number of pyridine rings is 1. The van der Waals surface area contributed by atoms with Gasteiger partial charge in [0.05, 0.1) is 11.3 Å². The van der Waals surface area contributed by atoms with Crippen molar-refractivity contribution in [1.29, 1.82) is 0 Å². The molecule has 1 aliphatic rings. The zero-order valence-corrected chi connectivity index (χ0v) is 17.4. The van der Waals surface area contributed by atoms with Crippen LogP contribution in [0.3, 0.4) is 0 Å². The number of carbonyl (C=O) groups excluding carboxylic acids is 2. The number of hydrogen-bond acceptors (Lipinski definition) is 6. The maximum absolute atomic E-state index is 12.7. The Morgan fingerprint density at radius 3 is 2.90 bits per heavy atom. The van der Waals surface area contributed by atoms with Crippen molar-refractivity contribution in [1.82, 2.24) is 15.7 Å². The highest BCUT2D eigenvalue weighted by atomic mass is 32.1. The molecule has 7 nitrogen and oxygen atoms in total. The molecule has 0 spiro atoms. The van der Waals surface area contributed by atoms with Crippen LogP contribution in [0.15, 0.2) is 51.6 Å². The van der Waals surface area contributed by atoms with Gasteiger partial charge >= 0.3 is 0 Å². The third kappa shape index (κ3) is 4.33. The molecule has 3 heterocycles. The summed E-state index contributed by atoms with van der Waals surface area (Å²) in [6.45, 7) is 2.41. The van der Waals surface area contributed by atoms with Crippen molar-refractivity contribution in [3.63, 3.8) is 0 Å². The van der Waals surface area contributed by atoms with Gasteiger partial charge in [-0.05, 0) is 49.8 Å². The number of fused-ring (bicyclic) bond motifs is 1. The van der Waals surface area contributed by atoms with E-state index in [1.165, 1.54) is 11.1 Å². The Balaban J connectivity index is 1.47. The first kappa shape index (κ1) is 20.0. The molecule has 8 heteroatoms. The van der Waals surface area contributed by atoms with Crippen LogP contribution in [0.4, 0.5) is 0 Å². The van der Waals surface area contributed by atoms with Gasteiger partial charge in [-0.3, -0.25) is 14.6 Å². The number of aromatic nitrogens is 1. The molecule has 0 radical (unpaired) electrons. The number of thiophene rings is 1. The summed E-state index contributed by atoms with van der Waals surface area (Å²) in [6, 6.07) is 7.43. The van der Waals surface area contributed by atoms with Crippen molar-refractivity contribution in [2.24, 2.45) is 5.10 Å². The SMILES string of the molecule is Cc1c(C(=O)NCCc2cccs2)oc2c1/C(=N/NC(=O)c1cccnc1)CCC2. The third-order valence-electron chi connectivity index (χ3n) is 4.99. The lowest BCUT2D eigenvalue weighted by molar-refractivity contribution is 0.0922. The zero-order valence-electron chi connectivity index (χ0n) is 16.6. The first-order valence-electron chi connectivity index (χ1n) is 9.83. The molecule has 0 saturated carbocycles. The Morgan fingerprint density at radius 2 is 2.13 bits per heavy atom. The molecule has 0 saturated heterocycles. The molecule has 3 aromatic rings. The number of hydrazone groups is 1. The standard InChI is InChI=1S/C22H22N4O3S/c1-14-19-17(25-26-21(27)15-5-3-10-23-13-15)7-2-8-18(19)29-20(14)22(28)24-11-9-16-6-4-12-30-16/h3-6,10,12-13H,2,7-9,11H2,1H3,(H,24,28)(H,26,27)/b25-17+. The van der Waals surface area contributed by atoms with Crippen molar-refractivity contribution in [3.8, 4) is 0 Å². The lowest BCUT2D eigenvalue weighted by atomic mass is 9.93. The topological polar surface area (TPSA) is 96.6 Å². The highest BCUT2D eigenvalue weighted by Crippen LogP contribution is 2.29. The zero-order chi connectivity index (χ0) is 20.9. The van der Waals surface area contributed by atoms with E-state index in [1.807, 2.05) is 18.4 Å². The first-order chi connectivity index (χ1) is 14.6. The van der Waals surface area contributed by atoms with Crippen molar-refractivity contribution in [2.75, 3.05) is 6.54 Å². The number of nitrogens with one attached hydrogen (secondary N) is 2. The minimum Gasteiger partial charge on any atom is -0.455 e. The van der Waals surface area contributed by atoms with Gasteiger partial charge in [-0.25, -0.2) is 5.43 Å². The van der Waals surface area contributed by atoms with E-state index in [-0.39, 0.29) is 11.8 Å². The number of aryl methyl sites for hydroxylation is 1. The fraction of sp³-hybridized carbons (Fsp3) is 0.273. The molecule has 0 aliphatic heterocycles. The van der Waals surface area contributed by atoms with Crippen LogP contribution in [0, 0.1) is 6.92 Å². The predicted octanol–water partition coefficient (Wildman–Crippen LogP) is 3.49. The van der Waals surface area contributed by atoms with Gasteiger partial charge in [-0.2, -0.15) is 5.10 Å². The number of rotatable bonds is 6. The van der Waals surface area contributed by atoms with Crippen LogP contribution >= 0.6 is 11.3 Å². The molecule has 30 heavy (non-hydrogen) atoms. The average molecular weight is 423 g/mol. The molecule has 2 amide bonds. The Kier molecular flexibility index (Phi) is 6.04. The van der Waals surface area contributed by atoms with Crippen LogP contribution < -0.4 is 10.7 Å². The van der Waals surface area contributed by atoms with Gasteiger partial charge < -0.3 is 9.73 Å². The summed E-state index contributed by atoms with van der Waals surface area (Å²) in [5.41, 5.74) is 5.35. The Hall–Kier alpha value is -3.26. The summed E-state index contributed by atoms with van der Waals surface area (Å²) in [5, 5.41) is 9.28. The van der Waals surface area contributed by atoms with Gasteiger partial charge in [-0.15, -0.1) is 11.3 Å². The first-order valence-corrected chi connectivity index (χ1v) is 10.7. The quantitative estimate of drug-likeness (QED) is 0.594. The number of hydrogen-bond donors (Lipinski definition) is 2. The van der Waals surface area contributed by atoms with Crippen LogP contribution in [0.2, 0.25) is 0 Å². The van der Waals surface area contributed by atoms with E-state index >= 15 is 0 Å². The summed E-state index contributed by atoms with van der Waals surface area (Å²) in [7, 11) is 0. The normalized spacial score (nSPS) is 14.4. The summed E-state index contributed by atoms with van der Waals surface area (Å²) >= 11 is 1.67. The van der Waals surface area contributed by atoms with E-state index in [0.29, 0.717) is 24.3 Å². The molecule has 3 aromatic heterocycles. The minimum atomic E-state index is -0.324. The highest BCUT2D eigenvalue weighted by Gasteiger charge is 2.28. The van der Waals surface area contributed by atoms with Gasteiger partial charge in [-0.1, -0.05) is 6.07 Å². The van der Waals surface area contributed by atoms with E-state index in [1.54, 1.807) is 29.7 Å². The van der Waals surface area contributed by atoms with Crippen LogP contribution in [0.1, 0.15) is 55.5 Å². The second-order valence-corrected chi connectivity index (χ2v) is 8.07. The fourth-order valence-electron chi connectivity index (χ4n) is 3.51. The van der Waals surface area contributed by atoms with E-state index < -0.39 is 0 Å². The van der Waals surface area contributed by atoms with E-state index in [0.717, 1.165) is 41.9 Å². The van der Waals surface area contributed by atoms with E-state index in [9.17, 15) is 9.59 Å². The van der Waals surface area contributed by atoms with E-state index in [4.69, 9.17) is 4.42 Å². The van der Waals surface area contributed by atoms with Crippen LogP contribution in [0.5, 0.6) is 0 Å². The van der Waals surface area contributed by atoms with Gasteiger partial charge in [0.2, 0.25) is 0 Å². The molecule has 0 bridgehead atoms. The Morgan fingerprint density at radius 1 is 1.23 bits per heavy atom. The molecule has 0 aromatic carbocycles. The number of amides is 2. The molecule has 1 aliphatic carbocycles. The largest absolute Gasteiger partial charge is 0.455 e. The smallest absolute Gasteiger partial charge is 0.287 e. The predicted molar refractivity (Wildman–Crippen MR) is 115 cm³/mol. The molecule has 0 fully saturated rings. The van der Waals surface area contributed by atoms with Crippen molar-refractivity contribution >= 4 is 28.9 Å². The molecule has 154 valence electrons. The fourth-order valence-corrected chi connectivity index (χ4v) is 4.22. The van der Waals surface area contributed by atoms with Gasteiger partial charge in [0.25, 0.3) is 11.8 Å². The number of carbonyl (C=O) groups is 2. The number of nitrogens with zero attached hydrogens (tertiary/aromatic N) is 2. The lowest BCUT2D eigenvalue weighted by Crippen LogP contribution is -2.26. The summed E-state index contributed by atoms with van der Waals surface area (Å²) in [4.78, 5) is 30.1. The summed E-state index contributed by atoms with van der Waals surface area (Å²) in [6.07, 6.45) is 6.19.